The van der Waals surface area contributed by atoms with Gasteiger partial charge in [-0.2, -0.15) is 0 Å². The van der Waals surface area contributed by atoms with Crippen molar-refractivity contribution in [2.45, 2.75) is 31.6 Å². The number of rotatable bonds is 9. The van der Waals surface area contributed by atoms with Crippen molar-refractivity contribution in [2.24, 2.45) is 16.8 Å². The third-order valence-electron chi connectivity index (χ3n) is 7.84. The molecule has 3 aliphatic rings. The Bertz CT molecular complexity index is 1040. The molecule has 0 saturated carbocycles. The molecule has 0 bridgehead atoms. The number of nitrogens with zero attached hydrogens (tertiary/aromatic N) is 4. The number of nitrogen functional groups attached to an aromatic ring is 1. The monoisotopic (exact) mass is 539 g/mol. The Balaban J connectivity index is 1.38. The second kappa shape index (κ2) is 14.5. The summed E-state index contributed by atoms with van der Waals surface area (Å²) < 4.78 is 6.10. The number of likely N-dealkylation sites (N-methyl/N-ethyl adjacent to an activating group) is 1. The van der Waals surface area contributed by atoms with Gasteiger partial charge in [0.2, 0.25) is 5.90 Å². The van der Waals surface area contributed by atoms with Crippen LogP contribution in [-0.2, 0) is 9.53 Å². The van der Waals surface area contributed by atoms with E-state index in [1.165, 1.54) is 0 Å². The van der Waals surface area contributed by atoms with Crippen molar-refractivity contribution in [3.05, 3.63) is 48.1 Å². The fourth-order valence-electron chi connectivity index (χ4n) is 5.50. The van der Waals surface area contributed by atoms with E-state index in [0.717, 1.165) is 87.6 Å². The molecule has 0 amide bonds. The van der Waals surface area contributed by atoms with Gasteiger partial charge in [-0.15, -0.1) is 0 Å². The highest BCUT2D eigenvalue weighted by Gasteiger charge is 2.28. The number of nitrogens with one attached hydrogen (secondary N) is 2. The van der Waals surface area contributed by atoms with E-state index in [9.17, 15) is 9.90 Å². The fourth-order valence-corrected chi connectivity index (χ4v) is 5.50. The molecule has 2 fully saturated rings. The lowest BCUT2D eigenvalue weighted by atomic mass is 9.93. The van der Waals surface area contributed by atoms with Gasteiger partial charge >= 0.3 is 5.97 Å². The van der Waals surface area contributed by atoms with Crippen molar-refractivity contribution >= 4 is 23.2 Å². The molecule has 0 aliphatic carbocycles. The number of aliphatic carboxylic acids is 1. The first kappa shape index (κ1) is 29.1. The zero-order valence-electron chi connectivity index (χ0n) is 23.3. The Hall–Kier alpha value is -2.92. The number of aliphatic imine (C=N–C) groups is 1. The lowest BCUT2D eigenvalue weighted by Gasteiger charge is -2.35. The molecule has 4 rings (SSSR count). The Morgan fingerprint density at radius 1 is 1.26 bits per heavy atom. The van der Waals surface area contributed by atoms with E-state index in [2.05, 4.69) is 56.2 Å². The molecule has 2 atom stereocenters. The van der Waals surface area contributed by atoms with Crippen LogP contribution < -0.4 is 21.5 Å². The van der Waals surface area contributed by atoms with Crippen LogP contribution in [0.4, 0.5) is 11.4 Å². The maximum atomic E-state index is 11.9. The van der Waals surface area contributed by atoms with E-state index in [1.807, 2.05) is 18.2 Å². The quantitative estimate of drug-likeness (QED) is 0.277. The van der Waals surface area contributed by atoms with E-state index in [-0.39, 0.29) is 12.3 Å². The summed E-state index contributed by atoms with van der Waals surface area (Å²) in [5.74, 6) is 5.90. The summed E-state index contributed by atoms with van der Waals surface area (Å²) in [7, 11) is 2.14. The van der Waals surface area contributed by atoms with Gasteiger partial charge in [0.25, 0.3) is 0 Å². The van der Waals surface area contributed by atoms with Gasteiger partial charge in [0, 0.05) is 62.9 Å². The zero-order valence-corrected chi connectivity index (χ0v) is 23.3. The predicted molar refractivity (Wildman–Crippen MR) is 157 cm³/mol. The number of likely N-dealkylation sites (tertiary alicyclic amines) is 1. The average molecular weight is 540 g/mol. The molecular formula is C29H45N7O3. The summed E-state index contributed by atoms with van der Waals surface area (Å²) in [5.41, 5.74) is 6.78. The number of anilines is 2. The van der Waals surface area contributed by atoms with E-state index < -0.39 is 5.97 Å². The molecule has 3 heterocycles. The highest BCUT2D eigenvalue weighted by atomic mass is 16.5. The van der Waals surface area contributed by atoms with Gasteiger partial charge in [-0.05, 0) is 63.2 Å². The molecule has 2 saturated heterocycles. The number of carbonyl (C=O) groups is 1. The largest absolute Gasteiger partial charge is 0.481 e. The topological polar surface area (TPSA) is 119 Å². The molecule has 0 radical (unpaired) electrons. The third kappa shape index (κ3) is 9.06. The summed E-state index contributed by atoms with van der Waals surface area (Å²) in [4.78, 5) is 23.5. The molecule has 3 aliphatic heterocycles. The van der Waals surface area contributed by atoms with Gasteiger partial charge in [-0.1, -0.05) is 18.2 Å². The minimum atomic E-state index is -0.790. The van der Waals surface area contributed by atoms with Gasteiger partial charge < -0.3 is 30.0 Å². The number of piperazine rings is 1. The van der Waals surface area contributed by atoms with Crippen molar-refractivity contribution in [1.29, 1.82) is 0 Å². The molecule has 10 heteroatoms. The minimum Gasteiger partial charge on any atom is -0.481 e. The summed E-state index contributed by atoms with van der Waals surface area (Å²) in [6.45, 7) is 12.5. The van der Waals surface area contributed by atoms with Crippen molar-refractivity contribution in [3.63, 3.8) is 0 Å². The van der Waals surface area contributed by atoms with Crippen LogP contribution in [0.25, 0.3) is 0 Å². The molecule has 5 N–H and O–H groups in total. The summed E-state index contributed by atoms with van der Waals surface area (Å²) >= 11 is 0. The Labute approximate surface area is 232 Å². The van der Waals surface area contributed by atoms with Crippen LogP contribution in [0, 0.1) is 5.92 Å². The van der Waals surface area contributed by atoms with E-state index in [4.69, 9.17) is 10.6 Å². The predicted octanol–water partition coefficient (Wildman–Crippen LogP) is 2.47. The van der Waals surface area contributed by atoms with Crippen LogP contribution in [-0.4, -0.2) is 99.5 Å². The molecule has 0 unspecified atom stereocenters. The van der Waals surface area contributed by atoms with E-state index in [1.54, 1.807) is 0 Å². The lowest BCUT2D eigenvalue weighted by molar-refractivity contribution is -0.137. The first-order chi connectivity index (χ1) is 18.9. The summed E-state index contributed by atoms with van der Waals surface area (Å²) in [6.07, 6.45) is 7.03. The van der Waals surface area contributed by atoms with E-state index in [0.29, 0.717) is 31.6 Å². The summed E-state index contributed by atoms with van der Waals surface area (Å²) in [6, 6.07) is 6.20. The number of carboxylic acids is 1. The zero-order chi connectivity index (χ0) is 27.6. The Morgan fingerprint density at radius 2 is 2.08 bits per heavy atom. The van der Waals surface area contributed by atoms with Gasteiger partial charge in [-0.25, -0.2) is 4.99 Å². The normalized spacial score (nSPS) is 24.6. The highest BCUT2D eigenvalue weighted by Crippen LogP contribution is 2.31. The SMILES string of the molecule is C=C1/C=C\C(OC[C@@H]2CCN(C[C@@H](CC(=O)O)c3cc(NN)cc(N4CCN(C)CC4)c3)C2)=N/CNCCC1. The molecule has 0 aromatic heterocycles. The highest BCUT2D eigenvalue weighted by molar-refractivity contribution is 5.88. The van der Waals surface area contributed by atoms with Crippen LogP contribution in [0.15, 0.2) is 47.5 Å². The number of hydrogen-bond acceptors (Lipinski definition) is 9. The van der Waals surface area contributed by atoms with Crippen molar-refractivity contribution < 1.29 is 14.6 Å². The van der Waals surface area contributed by atoms with Gasteiger partial charge in [-0.3, -0.25) is 16.0 Å². The average Bonchev–Trinajstić information content (AvgIpc) is 3.38. The van der Waals surface area contributed by atoms with Crippen molar-refractivity contribution in [3.8, 4) is 0 Å². The number of hydrazine groups is 1. The molecule has 1 aromatic carbocycles. The van der Waals surface area contributed by atoms with Crippen LogP contribution in [0.2, 0.25) is 0 Å². The molecule has 1 aromatic rings. The minimum absolute atomic E-state index is 0.0758. The molecule has 10 nitrogen and oxygen atoms in total. The Morgan fingerprint density at radius 3 is 2.85 bits per heavy atom. The molecule has 214 valence electrons. The maximum absolute atomic E-state index is 11.9. The van der Waals surface area contributed by atoms with Gasteiger partial charge in [0.1, 0.15) is 0 Å². The fraction of sp³-hybridized carbons (Fsp3) is 0.586. The standard InChI is InChI=1S/C29H45N7O3/c1-22-4-3-8-31-21-32-28(6-5-22)39-20-23-7-9-35(18-23)19-25(16-29(37)38)24-14-26(33-30)17-27(15-24)36-12-10-34(2)11-13-36/h5-6,14-15,17,23,25,31,33H,1,3-4,7-13,16,18-21,30H2,2H3,(H,37,38)/b6-5-,32-28+/t23-,25-/m1/s1. The van der Waals surface area contributed by atoms with Gasteiger partial charge in [0.15, 0.2) is 0 Å². The first-order valence-corrected chi connectivity index (χ1v) is 14.1. The molecule has 39 heavy (non-hydrogen) atoms. The van der Waals surface area contributed by atoms with Crippen molar-refractivity contribution in [2.75, 3.05) is 83.0 Å². The van der Waals surface area contributed by atoms with Crippen LogP contribution in [0.3, 0.4) is 0 Å². The number of benzene rings is 1. The van der Waals surface area contributed by atoms with Crippen LogP contribution in [0.5, 0.6) is 0 Å². The first-order valence-electron chi connectivity index (χ1n) is 14.1. The van der Waals surface area contributed by atoms with Crippen molar-refractivity contribution in [1.82, 2.24) is 15.1 Å². The second-order valence-electron chi connectivity index (χ2n) is 11.0. The number of hydrogen-bond donors (Lipinski definition) is 4. The van der Waals surface area contributed by atoms with Gasteiger partial charge in [0.05, 0.1) is 25.4 Å². The lowest BCUT2D eigenvalue weighted by Crippen LogP contribution is -2.44. The number of carboxylic acid groups (broad SMARTS) is 1. The number of ether oxygens (including phenoxy) is 1. The number of nitrogens with two attached hydrogens (primary N) is 1. The Kier molecular flexibility index (Phi) is 10.8. The number of allylic oxidation sites excluding steroid dienone is 2. The molecular weight excluding hydrogens is 494 g/mol. The third-order valence-corrected chi connectivity index (χ3v) is 7.84. The maximum Gasteiger partial charge on any atom is 0.304 e. The summed E-state index contributed by atoms with van der Waals surface area (Å²) in [5, 5.41) is 13.1. The van der Waals surface area contributed by atoms with Crippen LogP contribution >= 0.6 is 0 Å². The smallest absolute Gasteiger partial charge is 0.304 e. The van der Waals surface area contributed by atoms with E-state index >= 15 is 0 Å². The van der Waals surface area contributed by atoms with Crippen LogP contribution in [0.1, 0.15) is 37.2 Å². The second-order valence-corrected chi connectivity index (χ2v) is 11.0. The molecule has 0 spiro atoms.